The monoisotopic (exact) mass is 252 g/mol. The normalized spacial score (nSPS) is 10.6. The number of amides is 1. The first kappa shape index (κ1) is 14.4. The van der Waals surface area contributed by atoms with Gasteiger partial charge in [0.15, 0.2) is 0 Å². The number of rotatable bonds is 7. The number of carbonyl (C=O) groups is 1. The van der Waals surface area contributed by atoms with Gasteiger partial charge in [-0.15, -0.1) is 0 Å². The van der Waals surface area contributed by atoms with Crippen LogP contribution in [0.25, 0.3) is 0 Å². The fourth-order valence-corrected chi connectivity index (χ4v) is 1.35. The molecule has 5 heteroatoms. The first-order valence-corrected chi connectivity index (χ1v) is 6.14. The topological polar surface area (TPSA) is 71.2 Å². The average Bonchev–Trinajstić information content (AvgIpc) is 2.34. The average molecular weight is 252 g/mol. The summed E-state index contributed by atoms with van der Waals surface area (Å²) in [5, 5.41) is 2.77. The number of aromatic nitrogens is 1. The molecule has 1 rings (SSSR count). The van der Waals surface area contributed by atoms with E-state index in [1.165, 1.54) is 18.3 Å². The quantitative estimate of drug-likeness (QED) is 0.715. The highest BCUT2D eigenvalue weighted by atomic mass is 16.5. The van der Waals surface area contributed by atoms with Gasteiger partial charge in [0, 0.05) is 32.0 Å². The van der Waals surface area contributed by atoms with Crippen molar-refractivity contribution in [3.05, 3.63) is 34.2 Å². The van der Waals surface area contributed by atoms with Crippen LogP contribution in [0.1, 0.15) is 30.6 Å². The van der Waals surface area contributed by atoms with Gasteiger partial charge in [0.1, 0.15) is 0 Å². The van der Waals surface area contributed by atoms with Crippen LogP contribution < -0.4 is 10.9 Å². The molecule has 100 valence electrons. The molecule has 1 aromatic heterocycles. The number of pyridine rings is 1. The van der Waals surface area contributed by atoms with E-state index in [0.717, 1.165) is 13.0 Å². The lowest BCUT2D eigenvalue weighted by atomic mass is 10.2. The Morgan fingerprint density at radius 1 is 1.44 bits per heavy atom. The third-order valence-corrected chi connectivity index (χ3v) is 2.25. The molecular formula is C13H20N2O3. The number of ether oxygens (including phenoxy) is 1. The fraction of sp³-hybridized carbons (Fsp3) is 0.538. The van der Waals surface area contributed by atoms with Crippen LogP contribution in [0.5, 0.6) is 0 Å². The van der Waals surface area contributed by atoms with Crippen molar-refractivity contribution in [3.63, 3.8) is 0 Å². The van der Waals surface area contributed by atoms with Crippen molar-refractivity contribution in [3.8, 4) is 0 Å². The highest BCUT2D eigenvalue weighted by Crippen LogP contribution is 1.94. The van der Waals surface area contributed by atoms with E-state index in [-0.39, 0.29) is 11.5 Å². The van der Waals surface area contributed by atoms with Gasteiger partial charge >= 0.3 is 0 Å². The van der Waals surface area contributed by atoms with Crippen molar-refractivity contribution < 1.29 is 9.53 Å². The molecule has 18 heavy (non-hydrogen) atoms. The molecule has 0 bridgehead atoms. The van der Waals surface area contributed by atoms with E-state index in [1.54, 1.807) is 0 Å². The highest BCUT2D eigenvalue weighted by molar-refractivity contribution is 5.93. The maximum absolute atomic E-state index is 11.6. The van der Waals surface area contributed by atoms with Gasteiger partial charge in [-0.25, -0.2) is 0 Å². The molecule has 0 saturated carbocycles. The zero-order chi connectivity index (χ0) is 13.4. The molecule has 5 nitrogen and oxygen atoms in total. The molecule has 2 N–H and O–H groups in total. The predicted molar refractivity (Wildman–Crippen MR) is 69.7 cm³/mol. The fourth-order valence-electron chi connectivity index (χ4n) is 1.35. The molecule has 0 atom stereocenters. The Morgan fingerprint density at radius 3 is 2.83 bits per heavy atom. The zero-order valence-electron chi connectivity index (χ0n) is 10.9. The van der Waals surface area contributed by atoms with Crippen LogP contribution in [0, 0.1) is 5.92 Å². The molecule has 0 aliphatic rings. The second-order valence-corrected chi connectivity index (χ2v) is 4.52. The predicted octanol–water partition coefficient (Wildman–Crippen LogP) is 1.17. The summed E-state index contributed by atoms with van der Waals surface area (Å²) in [7, 11) is 0. The van der Waals surface area contributed by atoms with Gasteiger partial charge < -0.3 is 15.0 Å². The maximum Gasteiger partial charge on any atom is 0.252 e. The van der Waals surface area contributed by atoms with Crippen molar-refractivity contribution in [2.24, 2.45) is 5.92 Å². The van der Waals surface area contributed by atoms with Crippen LogP contribution in [0.15, 0.2) is 23.1 Å². The molecule has 0 saturated heterocycles. The molecule has 0 fully saturated rings. The van der Waals surface area contributed by atoms with Gasteiger partial charge in [0.25, 0.3) is 5.91 Å². The van der Waals surface area contributed by atoms with Crippen LogP contribution in [0.3, 0.4) is 0 Å². The van der Waals surface area contributed by atoms with Crippen molar-refractivity contribution in [2.45, 2.75) is 20.3 Å². The standard InChI is InChI=1S/C13H20N2O3/c1-10(2)9-18-7-3-6-14-13(17)11-4-5-12(16)15-8-11/h4-5,8,10H,3,6-7,9H2,1-2H3,(H,14,17)(H,15,16). The first-order valence-electron chi connectivity index (χ1n) is 6.14. The summed E-state index contributed by atoms with van der Waals surface area (Å²) in [6.45, 7) is 6.14. The van der Waals surface area contributed by atoms with Gasteiger partial charge in [0.2, 0.25) is 5.56 Å². The van der Waals surface area contributed by atoms with Crippen molar-refractivity contribution in [1.29, 1.82) is 0 Å². The summed E-state index contributed by atoms with van der Waals surface area (Å²) in [5.74, 6) is 0.343. The summed E-state index contributed by atoms with van der Waals surface area (Å²) < 4.78 is 5.40. The molecule has 1 aromatic rings. The minimum atomic E-state index is -0.214. The lowest BCUT2D eigenvalue weighted by molar-refractivity contribution is 0.0924. The molecule has 1 amide bonds. The number of aromatic amines is 1. The Bertz CT molecular complexity index is 406. The Balaban J connectivity index is 2.17. The second kappa shape index (κ2) is 7.66. The van der Waals surface area contributed by atoms with Crippen molar-refractivity contribution in [2.75, 3.05) is 19.8 Å². The summed E-state index contributed by atoms with van der Waals surface area (Å²) >= 11 is 0. The van der Waals surface area contributed by atoms with Crippen LogP contribution in [-0.4, -0.2) is 30.6 Å². The number of carbonyl (C=O) groups excluding carboxylic acids is 1. The van der Waals surface area contributed by atoms with Crippen molar-refractivity contribution in [1.82, 2.24) is 10.3 Å². The number of H-pyrrole nitrogens is 1. The Morgan fingerprint density at radius 2 is 2.22 bits per heavy atom. The Kier molecular flexibility index (Phi) is 6.14. The van der Waals surface area contributed by atoms with Gasteiger partial charge in [-0.1, -0.05) is 13.8 Å². The zero-order valence-corrected chi connectivity index (χ0v) is 10.9. The van der Waals surface area contributed by atoms with E-state index < -0.39 is 0 Å². The van der Waals surface area contributed by atoms with Crippen LogP contribution in [0.2, 0.25) is 0 Å². The Labute approximate surface area is 107 Å². The van der Waals surface area contributed by atoms with E-state index >= 15 is 0 Å². The largest absolute Gasteiger partial charge is 0.381 e. The van der Waals surface area contributed by atoms with Crippen LogP contribution in [0.4, 0.5) is 0 Å². The van der Waals surface area contributed by atoms with Crippen LogP contribution in [-0.2, 0) is 4.74 Å². The van der Waals surface area contributed by atoms with E-state index in [0.29, 0.717) is 24.6 Å². The molecule has 0 aliphatic carbocycles. The maximum atomic E-state index is 11.6. The van der Waals surface area contributed by atoms with E-state index in [1.807, 2.05) is 0 Å². The molecule has 0 aromatic carbocycles. The third-order valence-electron chi connectivity index (χ3n) is 2.25. The first-order chi connectivity index (χ1) is 8.59. The second-order valence-electron chi connectivity index (χ2n) is 4.52. The van der Waals surface area contributed by atoms with Gasteiger partial charge in [-0.2, -0.15) is 0 Å². The lowest BCUT2D eigenvalue weighted by Crippen LogP contribution is -2.26. The number of nitrogens with one attached hydrogen (secondary N) is 2. The smallest absolute Gasteiger partial charge is 0.252 e. The van der Waals surface area contributed by atoms with E-state index in [9.17, 15) is 9.59 Å². The summed E-state index contributed by atoms with van der Waals surface area (Å²) in [5.41, 5.74) is 0.242. The third kappa shape index (κ3) is 5.63. The van der Waals surface area contributed by atoms with E-state index in [4.69, 9.17) is 4.74 Å². The van der Waals surface area contributed by atoms with Crippen LogP contribution >= 0.6 is 0 Å². The molecule has 0 aliphatic heterocycles. The number of hydrogen-bond donors (Lipinski definition) is 2. The number of hydrogen-bond acceptors (Lipinski definition) is 3. The van der Waals surface area contributed by atoms with Gasteiger partial charge in [-0.05, 0) is 18.4 Å². The molecule has 0 spiro atoms. The van der Waals surface area contributed by atoms with Gasteiger partial charge in [0.05, 0.1) is 5.56 Å². The Hall–Kier alpha value is -1.62. The minimum Gasteiger partial charge on any atom is -0.381 e. The minimum absolute atomic E-state index is 0.185. The molecule has 1 heterocycles. The molecule has 0 radical (unpaired) electrons. The SMILES string of the molecule is CC(C)COCCCNC(=O)c1ccc(=O)[nH]c1. The highest BCUT2D eigenvalue weighted by Gasteiger charge is 2.03. The summed E-state index contributed by atoms with van der Waals surface area (Å²) in [6, 6.07) is 2.84. The van der Waals surface area contributed by atoms with Crippen molar-refractivity contribution >= 4 is 5.91 Å². The van der Waals surface area contributed by atoms with Gasteiger partial charge in [-0.3, -0.25) is 9.59 Å². The summed E-state index contributed by atoms with van der Waals surface area (Å²) in [6.07, 6.45) is 2.19. The molecule has 0 unspecified atom stereocenters. The lowest BCUT2D eigenvalue weighted by Gasteiger charge is -2.07. The van der Waals surface area contributed by atoms with E-state index in [2.05, 4.69) is 24.1 Å². The molecular weight excluding hydrogens is 232 g/mol. The summed E-state index contributed by atoms with van der Waals surface area (Å²) in [4.78, 5) is 24.9.